The summed E-state index contributed by atoms with van der Waals surface area (Å²) in [7, 11) is -24.2. The predicted octanol–water partition coefficient (Wildman–Crippen LogP) is -0.258. The second-order valence-electron chi connectivity index (χ2n) is 5.67. The van der Waals surface area contributed by atoms with Crippen molar-refractivity contribution in [3.8, 4) is 0 Å². The van der Waals surface area contributed by atoms with Crippen LogP contribution in [0, 0.1) is 0 Å². The lowest BCUT2D eigenvalue weighted by Crippen LogP contribution is -2.41. The van der Waals surface area contributed by atoms with E-state index in [0.717, 1.165) is 18.2 Å². The van der Waals surface area contributed by atoms with Gasteiger partial charge in [0, 0.05) is 5.56 Å². The van der Waals surface area contributed by atoms with Gasteiger partial charge < -0.3 is 0 Å². The number of hydrogen-bond acceptors (Lipinski definition) is 9. The molecule has 2 aromatic carbocycles. The quantitative estimate of drug-likeness (QED) is 0.253. The summed E-state index contributed by atoms with van der Waals surface area (Å²) < 4.78 is 128. The van der Waals surface area contributed by atoms with Gasteiger partial charge in [0.05, 0.1) is 11.3 Å². The molecule has 19 heteroatoms. The summed E-state index contributed by atoms with van der Waals surface area (Å²) in [5.41, 5.74) is -4.75. The first-order valence-electron chi connectivity index (χ1n) is 7.60. The molecule has 0 heterocycles. The Bertz CT molecular complexity index is 1420. The molecule has 0 spiro atoms. The molecule has 0 saturated carbocycles. The first-order chi connectivity index (χ1) is 14.4. The Morgan fingerprint density at radius 2 is 1.03 bits per heavy atom. The molecule has 0 aliphatic heterocycles. The van der Waals surface area contributed by atoms with E-state index in [9.17, 15) is 56.7 Å². The lowest BCUT2D eigenvalue weighted by atomic mass is 10.0. The number of nitrogens with zero attached hydrogens (tertiary/aromatic N) is 2. The van der Waals surface area contributed by atoms with Crippen molar-refractivity contribution in [2.45, 2.75) is 0 Å². The molecule has 0 aliphatic carbocycles. The van der Waals surface area contributed by atoms with E-state index < -0.39 is 71.4 Å². The molecule has 0 saturated heterocycles. The van der Waals surface area contributed by atoms with Crippen molar-refractivity contribution in [2.24, 2.45) is 0 Å². The molecule has 15 nitrogen and oxygen atoms in total. The van der Waals surface area contributed by atoms with Crippen molar-refractivity contribution < 1.29 is 56.7 Å². The van der Waals surface area contributed by atoms with E-state index in [1.165, 1.54) is 18.2 Å². The molecule has 4 N–H and O–H groups in total. The Morgan fingerprint density at radius 1 is 0.594 bits per heavy atom. The molecule has 32 heavy (non-hydrogen) atoms. The van der Waals surface area contributed by atoms with Crippen molar-refractivity contribution >= 4 is 58.4 Å². The Hall–Kier alpha value is -2.65. The minimum Gasteiger partial charge on any atom is -0.289 e. The number of para-hydroxylation sites is 1. The van der Waals surface area contributed by atoms with Crippen LogP contribution < -0.4 is 7.42 Å². The Kier molecular flexibility index (Phi) is 6.69. The third-order valence-electron chi connectivity index (χ3n) is 3.51. The molecule has 176 valence electrons. The predicted molar refractivity (Wildman–Crippen MR) is 107 cm³/mol. The third-order valence-corrected chi connectivity index (χ3v) is 8.21. The number of benzene rings is 2. The molecule has 2 rings (SSSR count). The maximum atomic E-state index is 12.9. The molecule has 0 radical (unpaired) electrons. The van der Waals surface area contributed by atoms with Gasteiger partial charge in [0.1, 0.15) is 5.69 Å². The first-order valence-corrected chi connectivity index (χ1v) is 13.2. The van der Waals surface area contributed by atoms with E-state index in [4.69, 9.17) is 0 Å². The van der Waals surface area contributed by atoms with E-state index in [1.54, 1.807) is 0 Å². The largest absolute Gasteiger partial charge is 0.375 e. The number of anilines is 2. The van der Waals surface area contributed by atoms with Gasteiger partial charge in [0.2, 0.25) is 0 Å². The molecule has 0 amide bonds. The van der Waals surface area contributed by atoms with Crippen LogP contribution in [0.1, 0.15) is 15.9 Å². The monoisotopic (exact) mass is 532 g/mol. The Balaban J connectivity index is 3.14. The average molecular weight is 533 g/mol. The van der Waals surface area contributed by atoms with E-state index in [0.29, 0.717) is 12.1 Å². The average Bonchev–Trinajstić information content (AvgIpc) is 2.58. The molecule has 0 fully saturated rings. The van der Waals surface area contributed by atoms with Crippen LogP contribution in [0.3, 0.4) is 0 Å². The highest BCUT2D eigenvalue weighted by Crippen LogP contribution is 2.39. The van der Waals surface area contributed by atoms with E-state index in [-0.39, 0.29) is 5.56 Å². The summed E-state index contributed by atoms with van der Waals surface area (Å²) in [5, 5.41) is 0. The molecule has 0 unspecified atom stereocenters. The topological polar surface area (TPSA) is 241 Å². The van der Waals surface area contributed by atoms with Crippen LogP contribution in [-0.2, 0) is 41.2 Å². The normalized spacial score (nSPS) is 12.9. The molecule has 0 aromatic heterocycles. The lowest BCUT2D eigenvalue weighted by molar-refractivity contribution is 0.103. The van der Waals surface area contributed by atoms with Gasteiger partial charge in [-0.3, -0.25) is 23.0 Å². The molecule has 0 aliphatic rings. The number of carbonyl (C=O) groups is 1. The molecule has 0 atom stereocenters. The van der Waals surface area contributed by atoms with E-state index in [1.807, 2.05) is 0 Å². The zero-order valence-electron chi connectivity index (χ0n) is 15.1. The van der Waals surface area contributed by atoms with Crippen molar-refractivity contribution in [1.82, 2.24) is 0 Å². The summed E-state index contributed by atoms with van der Waals surface area (Å²) in [6.07, 6.45) is 0. The van der Waals surface area contributed by atoms with Crippen LogP contribution in [-0.4, -0.2) is 57.7 Å². The van der Waals surface area contributed by atoms with Gasteiger partial charge in [0.15, 0.2) is 5.78 Å². The molecular formula is C13H12N2O13S4. The SMILES string of the molecule is O=C(c1ccccc1)c1cccc(N(S(=O)(=O)O)S(=O)(=O)O)c1N(S(=O)(=O)O)S(=O)(=O)O. The number of ketones is 1. The second kappa shape index (κ2) is 8.37. The third kappa shape index (κ3) is 5.39. The van der Waals surface area contributed by atoms with Gasteiger partial charge >= 0.3 is 41.2 Å². The van der Waals surface area contributed by atoms with E-state index in [2.05, 4.69) is 0 Å². The number of hydrogen-bond donors (Lipinski definition) is 4. The van der Waals surface area contributed by atoms with Crippen LogP contribution >= 0.6 is 0 Å². The highest BCUT2D eigenvalue weighted by molar-refractivity contribution is 8.06. The van der Waals surface area contributed by atoms with Crippen LogP contribution in [0.25, 0.3) is 0 Å². The molecule has 0 bridgehead atoms. The van der Waals surface area contributed by atoms with Crippen molar-refractivity contribution in [3.05, 3.63) is 59.7 Å². The standard InChI is InChI=1S/C13H12N2O13S4/c16-13(9-5-2-1-3-6-9)10-7-4-8-11(14(29(17,18)19)30(20,21)22)12(10)15(31(23,24)25)32(26,27)28/h1-8H,(H,17,18,19)(H,20,21,22)(H,23,24,25)(H,26,27,28). The maximum absolute atomic E-state index is 12.9. The smallest absolute Gasteiger partial charge is 0.289 e. The van der Waals surface area contributed by atoms with Gasteiger partial charge in [-0.05, 0) is 12.1 Å². The number of carbonyl (C=O) groups excluding carboxylic acids is 1. The fourth-order valence-corrected chi connectivity index (χ4v) is 6.06. The van der Waals surface area contributed by atoms with Crippen LogP contribution in [0.4, 0.5) is 11.4 Å². The van der Waals surface area contributed by atoms with Crippen molar-refractivity contribution in [3.63, 3.8) is 0 Å². The number of rotatable bonds is 8. The maximum Gasteiger partial charge on any atom is 0.375 e. The minimum absolute atomic E-state index is 0.262. The van der Waals surface area contributed by atoms with Crippen LogP contribution in [0.5, 0.6) is 0 Å². The molecule has 2 aromatic rings. The Morgan fingerprint density at radius 3 is 1.44 bits per heavy atom. The fraction of sp³-hybridized carbons (Fsp3) is 0. The van der Waals surface area contributed by atoms with Crippen LogP contribution in [0.2, 0.25) is 0 Å². The summed E-state index contributed by atoms with van der Waals surface area (Å²) in [6.45, 7) is 0. The lowest BCUT2D eigenvalue weighted by Gasteiger charge is -2.26. The van der Waals surface area contributed by atoms with Crippen molar-refractivity contribution in [1.29, 1.82) is 0 Å². The zero-order valence-corrected chi connectivity index (χ0v) is 18.4. The summed E-state index contributed by atoms with van der Waals surface area (Å²) >= 11 is 0. The van der Waals surface area contributed by atoms with Gasteiger partial charge in [-0.2, -0.15) is 33.7 Å². The fourth-order valence-electron chi connectivity index (χ4n) is 2.52. The van der Waals surface area contributed by atoms with Gasteiger partial charge in [-0.25, -0.2) is 0 Å². The second-order valence-corrected chi connectivity index (χ2v) is 11.2. The zero-order chi connectivity index (χ0) is 24.7. The summed E-state index contributed by atoms with van der Waals surface area (Å²) in [4.78, 5) is 12.9. The minimum atomic E-state index is -6.10. The van der Waals surface area contributed by atoms with E-state index >= 15 is 0 Å². The van der Waals surface area contributed by atoms with Crippen LogP contribution in [0.15, 0.2) is 48.5 Å². The van der Waals surface area contributed by atoms with Gasteiger partial charge in [-0.1, -0.05) is 36.4 Å². The first kappa shape index (κ1) is 25.6. The molecular weight excluding hydrogens is 520 g/mol. The summed E-state index contributed by atoms with van der Waals surface area (Å²) in [6, 6.07) is 8.15. The Labute approximate surface area is 182 Å². The highest BCUT2D eigenvalue weighted by Gasteiger charge is 2.42. The van der Waals surface area contributed by atoms with Gasteiger partial charge in [0.25, 0.3) is 0 Å². The van der Waals surface area contributed by atoms with Crippen molar-refractivity contribution in [2.75, 3.05) is 7.42 Å². The highest BCUT2D eigenvalue weighted by atomic mass is 32.3. The summed E-state index contributed by atoms with van der Waals surface area (Å²) in [5.74, 6) is -1.25. The van der Waals surface area contributed by atoms with Gasteiger partial charge in [-0.15, -0.1) is 7.42 Å².